The lowest BCUT2D eigenvalue weighted by atomic mass is 9.81. The molecule has 1 unspecified atom stereocenters. The van der Waals surface area contributed by atoms with E-state index in [2.05, 4.69) is 31.3 Å². The van der Waals surface area contributed by atoms with Crippen molar-refractivity contribution < 1.29 is 14.6 Å². The number of rotatable bonds is 5. The molecule has 4 nitrogen and oxygen atoms in total. The number of carbonyl (C=O) groups excluding carboxylic acids is 1. The van der Waals surface area contributed by atoms with Crippen molar-refractivity contribution in [2.45, 2.75) is 53.6 Å². The summed E-state index contributed by atoms with van der Waals surface area (Å²) in [5, 5.41) is 12.6. The minimum Gasteiger partial charge on any atom is -0.444 e. The van der Waals surface area contributed by atoms with Crippen molar-refractivity contribution in [3.63, 3.8) is 0 Å². The number of aliphatic hydroxyl groups is 1. The molecule has 1 atom stereocenters. The van der Waals surface area contributed by atoms with E-state index in [9.17, 15) is 9.90 Å². The third-order valence-corrected chi connectivity index (χ3v) is 3.69. The van der Waals surface area contributed by atoms with Gasteiger partial charge in [0.05, 0.1) is 6.61 Å². The highest BCUT2D eigenvalue weighted by Crippen LogP contribution is 2.25. The number of ether oxygens (including phenoxy) is 1. The second-order valence-corrected chi connectivity index (χ2v) is 7.37. The Bertz CT molecular complexity index is 499. The highest BCUT2D eigenvalue weighted by Gasteiger charge is 2.27. The van der Waals surface area contributed by atoms with Crippen LogP contribution >= 0.6 is 0 Å². The molecule has 0 saturated heterocycles. The SMILES string of the molecule is Cc1cccc(C)c1CC(C)(CO)CNC(=O)OC(C)(C)C. The molecule has 1 aromatic carbocycles. The molecule has 0 bridgehead atoms. The number of aryl methyl sites for hydroxylation is 2. The number of hydrogen-bond acceptors (Lipinski definition) is 3. The first-order valence-corrected chi connectivity index (χ1v) is 7.69. The standard InChI is InChI=1S/C18H29NO3/c1-13-8-7-9-14(2)15(13)10-18(6,12-20)11-19-16(21)22-17(3,4)5/h7-9,20H,10-12H2,1-6H3,(H,19,21). The number of amides is 1. The largest absolute Gasteiger partial charge is 0.444 e. The number of carbonyl (C=O) groups is 1. The normalized spacial score (nSPS) is 14.3. The average molecular weight is 307 g/mol. The molecule has 0 aromatic heterocycles. The Morgan fingerprint density at radius 1 is 1.18 bits per heavy atom. The summed E-state index contributed by atoms with van der Waals surface area (Å²) in [6, 6.07) is 6.17. The average Bonchev–Trinajstić information content (AvgIpc) is 2.39. The molecule has 1 aromatic rings. The van der Waals surface area contributed by atoms with Gasteiger partial charge in [0.25, 0.3) is 0 Å². The minimum atomic E-state index is -0.522. The van der Waals surface area contributed by atoms with Gasteiger partial charge in [-0.1, -0.05) is 25.1 Å². The first-order valence-electron chi connectivity index (χ1n) is 7.69. The number of hydrogen-bond donors (Lipinski definition) is 2. The van der Waals surface area contributed by atoms with Crippen LogP contribution in [0.25, 0.3) is 0 Å². The molecule has 124 valence electrons. The Labute approximate surface area is 133 Å². The van der Waals surface area contributed by atoms with Gasteiger partial charge in [-0.05, 0) is 57.7 Å². The van der Waals surface area contributed by atoms with Crippen LogP contribution in [0.5, 0.6) is 0 Å². The summed E-state index contributed by atoms with van der Waals surface area (Å²) in [6.07, 6.45) is 0.256. The summed E-state index contributed by atoms with van der Waals surface area (Å²) in [7, 11) is 0. The van der Waals surface area contributed by atoms with Crippen molar-refractivity contribution in [1.29, 1.82) is 0 Å². The molecular weight excluding hydrogens is 278 g/mol. The van der Waals surface area contributed by atoms with E-state index in [0.717, 1.165) is 0 Å². The first kappa shape index (κ1) is 18.5. The maximum atomic E-state index is 11.8. The van der Waals surface area contributed by atoms with Crippen LogP contribution in [-0.4, -0.2) is 30.0 Å². The second-order valence-electron chi connectivity index (χ2n) is 7.37. The van der Waals surface area contributed by atoms with E-state index in [1.807, 2.05) is 33.8 Å². The lowest BCUT2D eigenvalue weighted by molar-refractivity contribution is 0.0478. The maximum Gasteiger partial charge on any atom is 0.407 e. The molecule has 0 heterocycles. The van der Waals surface area contributed by atoms with Gasteiger partial charge in [-0.3, -0.25) is 0 Å². The number of benzene rings is 1. The molecule has 1 rings (SSSR count). The van der Waals surface area contributed by atoms with Gasteiger partial charge < -0.3 is 15.2 Å². The lowest BCUT2D eigenvalue weighted by Crippen LogP contribution is -2.42. The quantitative estimate of drug-likeness (QED) is 0.877. The lowest BCUT2D eigenvalue weighted by Gasteiger charge is -2.30. The summed E-state index contributed by atoms with van der Waals surface area (Å²) >= 11 is 0. The fraction of sp³-hybridized carbons (Fsp3) is 0.611. The zero-order valence-corrected chi connectivity index (χ0v) is 14.6. The summed E-state index contributed by atoms with van der Waals surface area (Å²) in [5.41, 5.74) is 2.69. The fourth-order valence-electron chi connectivity index (χ4n) is 2.33. The van der Waals surface area contributed by atoms with Crippen LogP contribution in [0, 0.1) is 19.3 Å². The van der Waals surface area contributed by atoms with E-state index in [4.69, 9.17) is 4.74 Å². The van der Waals surface area contributed by atoms with Crippen LogP contribution in [0.1, 0.15) is 44.4 Å². The molecule has 0 aliphatic rings. The fourth-order valence-corrected chi connectivity index (χ4v) is 2.33. The van der Waals surface area contributed by atoms with Crippen molar-refractivity contribution in [2.24, 2.45) is 5.41 Å². The Morgan fingerprint density at radius 3 is 2.18 bits per heavy atom. The molecule has 0 radical (unpaired) electrons. The van der Waals surface area contributed by atoms with Crippen molar-refractivity contribution in [1.82, 2.24) is 5.32 Å². The van der Waals surface area contributed by atoms with E-state index in [-0.39, 0.29) is 6.61 Å². The van der Waals surface area contributed by atoms with Gasteiger partial charge in [0.15, 0.2) is 0 Å². The molecule has 1 amide bonds. The zero-order chi connectivity index (χ0) is 17.0. The predicted molar refractivity (Wildman–Crippen MR) is 89.0 cm³/mol. The highest BCUT2D eigenvalue weighted by molar-refractivity contribution is 5.67. The van der Waals surface area contributed by atoms with E-state index >= 15 is 0 Å². The van der Waals surface area contributed by atoms with Crippen LogP contribution in [0.4, 0.5) is 4.79 Å². The number of aliphatic hydroxyl groups excluding tert-OH is 1. The van der Waals surface area contributed by atoms with Crippen LogP contribution in [0.15, 0.2) is 18.2 Å². The summed E-state index contributed by atoms with van der Waals surface area (Å²) in [6.45, 7) is 12.0. The molecule has 0 fully saturated rings. The molecule has 22 heavy (non-hydrogen) atoms. The van der Waals surface area contributed by atoms with Gasteiger partial charge in [0, 0.05) is 12.0 Å². The van der Waals surface area contributed by atoms with Crippen LogP contribution < -0.4 is 5.32 Å². The van der Waals surface area contributed by atoms with E-state index < -0.39 is 17.1 Å². The summed E-state index contributed by atoms with van der Waals surface area (Å²) < 4.78 is 5.24. The molecule has 0 saturated carbocycles. The van der Waals surface area contributed by atoms with Gasteiger partial charge in [0.1, 0.15) is 5.60 Å². The zero-order valence-electron chi connectivity index (χ0n) is 14.6. The van der Waals surface area contributed by atoms with Gasteiger partial charge in [0.2, 0.25) is 0 Å². The third kappa shape index (κ3) is 5.68. The highest BCUT2D eigenvalue weighted by atomic mass is 16.6. The van der Waals surface area contributed by atoms with Crippen LogP contribution in [-0.2, 0) is 11.2 Å². The third-order valence-electron chi connectivity index (χ3n) is 3.69. The van der Waals surface area contributed by atoms with Gasteiger partial charge in [-0.25, -0.2) is 4.79 Å². The summed E-state index contributed by atoms with van der Waals surface area (Å²) in [5.74, 6) is 0. The smallest absolute Gasteiger partial charge is 0.407 e. The van der Waals surface area contributed by atoms with Crippen molar-refractivity contribution >= 4 is 6.09 Å². The van der Waals surface area contributed by atoms with Gasteiger partial charge in [-0.2, -0.15) is 0 Å². The molecule has 0 aliphatic heterocycles. The van der Waals surface area contributed by atoms with Crippen LogP contribution in [0.3, 0.4) is 0 Å². The van der Waals surface area contributed by atoms with Crippen molar-refractivity contribution in [3.8, 4) is 0 Å². The predicted octanol–water partition coefficient (Wildman–Crippen LogP) is 3.37. The monoisotopic (exact) mass is 307 g/mol. The molecule has 2 N–H and O–H groups in total. The van der Waals surface area contributed by atoms with Gasteiger partial charge in [-0.15, -0.1) is 0 Å². The van der Waals surface area contributed by atoms with Crippen molar-refractivity contribution in [2.75, 3.05) is 13.2 Å². The Hall–Kier alpha value is -1.55. The number of alkyl carbamates (subject to hydrolysis) is 1. The minimum absolute atomic E-state index is 0.00340. The number of nitrogens with one attached hydrogen (secondary N) is 1. The van der Waals surface area contributed by atoms with E-state index in [1.54, 1.807) is 0 Å². The Kier molecular flexibility index (Phi) is 6.00. The Morgan fingerprint density at radius 2 is 1.73 bits per heavy atom. The Balaban J connectivity index is 2.74. The topological polar surface area (TPSA) is 58.6 Å². The van der Waals surface area contributed by atoms with Crippen LogP contribution in [0.2, 0.25) is 0 Å². The second kappa shape index (κ2) is 7.14. The molecular formula is C18H29NO3. The maximum absolute atomic E-state index is 11.8. The summed E-state index contributed by atoms with van der Waals surface area (Å²) in [4.78, 5) is 11.8. The van der Waals surface area contributed by atoms with E-state index in [1.165, 1.54) is 16.7 Å². The molecule has 0 spiro atoms. The van der Waals surface area contributed by atoms with E-state index in [0.29, 0.717) is 13.0 Å². The van der Waals surface area contributed by atoms with Crippen molar-refractivity contribution in [3.05, 3.63) is 34.9 Å². The molecule has 4 heteroatoms. The molecule has 0 aliphatic carbocycles. The van der Waals surface area contributed by atoms with Gasteiger partial charge >= 0.3 is 6.09 Å². The first-order chi connectivity index (χ1) is 10.1.